The molecule has 0 saturated carbocycles. The Labute approximate surface area is 202 Å². The Morgan fingerprint density at radius 1 is 1.32 bits per heavy atom. The van der Waals surface area contributed by atoms with Crippen LogP contribution in [0.3, 0.4) is 0 Å². The smallest absolute Gasteiger partial charge is 0.410 e. The molecule has 2 aliphatic rings. The first-order valence-corrected chi connectivity index (χ1v) is 11.8. The van der Waals surface area contributed by atoms with E-state index in [0.717, 1.165) is 34.2 Å². The number of ketones is 1. The Morgan fingerprint density at radius 2 is 2.09 bits per heavy atom. The fourth-order valence-corrected chi connectivity index (χ4v) is 4.93. The number of nitrogens with one attached hydrogen (secondary N) is 1. The number of hydrogen-bond donors (Lipinski definition) is 1. The number of rotatable bonds is 5. The molecular weight excluding hydrogens is 466 g/mol. The molecule has 34 heavy (non-hydrogen) atoms. The van der Waals surface area contributed by atoms with Crippen LogP contribution in [0.4, 0.5) is 13.6 Å². The summed E-state index contributed by atoms with van der Waals surface area (Å²) in [6.07, 6.45) is 1.79. The summed E-state index contributed by atoms with van der Waals surface area (Å²) < 4.78 is 32.0. The number of carbonyl (C=O) groups excluding carboxylic acids is 2. The van der Waals surface area contributed by atoms with Gasteiger partial charge in [0.15, 0.2) is 5.78 Å². The van der Waals surface area contributed by atoms with Crippen LogP contribution in [0, 0.1) is 0 Å². The van der Waals surface area contributed by atoms with E-state index in [-0.39, 0.29) is 23.5 Å². The normalized spacial score (nSPS) is 20.5. The minimum absolute atomic E-state index is 0.190. The van der Waals surface area contributed by atoms with Crippen LogP contribution >= 0.6 is 11.6 Å². The molecule has 1 aromatic carbocycles. The van der Waals surface area contributed by atoms with Crippen molar-refractivity contribution in [3.63, 3.8) is 0 Å². The lowest BCUT2D eigenvalue weighted by atomic mass is 9.86. The fraction of sp³-hybridized carbons (Fsp3) is 0.542. The average Bonchev–Trinajstić information content (AvgIpc) is 3.40. The summed E-state index contributed by atoms with van der Waals surface area (Å²) in [6, 6.07) is 3.03. The van der Waals surface area contributed by atoms with E-state index in [2.05, 4.69) is 10.4 Å². The lowest BCUT2D eigenvalue weighted by molar-refractivity contribution is 0.0223. The van der Waals surface area contributed by atoms with Crippen LogP contribution in [-0.2, 0) is 24.2 Å². The van der Waals surface area contributed by atoms with Gasteiger partial charge in [0.1, 0.15) is 12.1 Å². The van der Waals surface area contributed by atoms with Crippen molar-refractivity contribution in [2.24, 2.45) is 0 Å². The van der Waals surface area contributed by atoms with E-state index in [4.69, 9.17) is 16.3 Å². The first-order valence-electron chi connectivity index (χ1n) is 11.4. The summed E-state index contributed by atoms with van der Waals surface area (Å²) in [5, 5.41) is 7.69. The van der Waals surface area contributed by atoms with E-state index in [9.17, 15) is 18.4 Å². The number of alkyl halides is 2. The van der Waals surface area contributed by atoms with E-state index in [1.54, 1.807) is 4.90 Å². The van der Waals surface area contributed by atoms with Gasteiger partial charge in [-0.1, -0.05) is 11.6 Å². The Bertz CT molecular complexity index is 1080. The summed E-state index contributed by atoms with van der Waals surface area (Å²) >= 11 is 6.43. The van der Waals surface area contributed by atoms with Gasteiger partial charge < -0.3 is 15.0 Å². The fourth-order valence-electron chi connectivity index (χ4n) is 4.68. The van der Waals surface area contributed by atoms with Crippen LogP contribution in [0.2, 0.25) is 5.02 Å². The van der Waals surface area contributed by atoms with Crippen LogP contribution in [0.25, 0.3) is 0 Å². The summed E-state index contributed by atoms with van der Waals surface area (Å²) in [6.45, 7) is 5.97. The molecule has 1 fully saturated rings. The van der Waals surface area contributed by atoms with Crippen LogP contribution in [0.15, 0.2) is 24.5 Å². The first kappa shape index (κ1) is 24.6. The van der Waals surface area contributed by atoms with Crippen molar-refractivity contribution in [1.29, 1.82) is 0 Å². The number of carbonyl (C=O) groups is 2. The van der Waals surface area contributed by atoms with Crippen molar-refractivity contribution in [3.05, 3.63) is 51.8 Å². The quantitative estimate of drug-likeness (QED) is 0.606. The molecule has 2 aromatic rings. The van der Waals surface area contributed by atoms with Gasteiger partial charge in [-0.3, -0.25) is 9.48 Å². The van der Waals surface area contributed by atoms with E-state index in [1.807, 2.05) is 32.9 Å². The van der Waals surface area contributed by atoms with Crippen molar-refractivity contribution in [2.45, 2.75) is 77.2 Å². The number of hydrogen-bond acceptors (Lipinski definition) is 5. The second kappa shape index (κ2) is 9.62. The monoisotopic (exact) mass is 494 g/mol. The van der Waals surface area contributed by atoms with Crippen LogP contribution in [0.1, 0.15) is 66.7 Å². The van der Waals surface area contributed by atoms with Crippen molar-refractivity contribution in [2.75, 3.05) is 6.54 Å². The third kappa shape index (κ3) is 5.41. The molecule has 1 aromatic heterocycles. The Hall–Kier alpha value is -2.52. The van der Waals surface area contributed by atoms with Crippen LogP contribution in [0.5, 0.6) is 0 Å². The number of nitrogens with zero attached hydrogens (tertiary/aromatic N) is 3. The number of ether oxygens (including phenoxy) is 1. The van der Waals surface area contributed by atoms with Crippen molar-refractivity contribution >= 4 is 23.5 Å². The third-order valence-corrected chi connectivity index (χ3v) is 6.31. The molecule has 0 bridgehead atoms. The van der Waals surface area contributed by atoms with Crippen molar-refractivity contribution in [3.8, 4) is 0 Å². The second-order valence-electron chi connectivity index (χ2n) is 9.81. The number of amides is 1. The van der Waals surface area contributed by atoms with E-state index < -0.39 is 24.6 Å². The number of aromatic nitrogens is 2. The predicted molar refractivity (Wildman–Crippen MR) is 123 cm³/mol. The van der Waals surface area contributed by atoms with Gasteiger partial charge in [-0.2, -0.15) is 5.10 Å². The van der Waals surface area contributed by atoms with Gasteiger partial charge in [0.05, 0.1) is 23.8 Å². The number of halogens is 3. The molecule has 1 unspecified atom stereocenters. The third-order valence-electron chi connectivity index (χ3n) is 6.09. The molecule has 2 atom stereocenters. The zero-order valence-corrected chi connectivity index (χ0v) is 20.2. The first-order chi connectivity index (χ1) is 16.0. The van der Waals surface area contributed by atoms with Gasteiger partial charge in [-0.25, -0.2) is 13.6 Å². The minimum Gasteiger partial charge on any atom is -0.444 e. The highest BCUT2D eigenvalue weighted by Gasteiger charge is 2.37. The van der Waals surface area contributed by atoms with Crippen molar-refractivity contribution < 1.29 is 23.1 Å². The SMILES string of the molecule is CC(C)(C)OC(=O)N1CCC[C@H]1c1cc(Cl)cc2c1CC(C(=O)c1cnn(CC(F)F)c1)NC2. The Balaban J connectivity index is 1.59. The number of fused-ring (bicyclic) bond motifs is 1. The van der Waals surface area contributed by atoms with Gasteiger partial charge in [0, 0.05) is 24.3 Å². The molecule has 1 saturated heterocycles. The maximum atomic E-state index is 13.1. The highest BCUT2D eigenvalue weighted by molar-refractivity contribution is 6.30. The maximum Gasteiger partial charge on any atom is 0.410 e. The van der Waals surface area contributed by atoms with Gasteiger partial charge in [0.2, 0.25) is 0 Å². The molecule has 1 amide bonds. The number of Topliss-reactive ketones (excluding diaryl/α,β-unsaturated/α-hetero) is 1. The molecular formula is C24H29ClF2N4O3. The van der Waals surface area contributed by atoms with Gasteiger partial charge in [-0.05, 0) is 68.9 Å². The maximum absolute atomic E-state index is 13.1. The molecule has 4 rings (SSSR count). The van der Waals surface area contributed by atoms with Gasteiger partial charge >= 0.3 is 6.09 Å². The minimum atomic E-state index is -2.55. The highest BCUT2D eigenvalue weighted by Crippen LogP contribution is 2.39. The standard InChI is InChI=1S/C24H29ClF2N4O3/c1-24(2,3)34-23(33)31-6-4-5-20(31)18-8-16(25)7-14-10-28-19(9-17(14)18)22(32)15-11-29-30(12-15)13-21(26)27/h7-8,11-12,19-21,28H,4-6,9-10,13H2,1-3H3/t19?,20-/m0/s1. The molecule has 10 heteroatoms. The Morgan fingerprint density at radius 3 is 2.79 bits per heavy atom. The molecule has 0 aliphatic carbocycles. The van der Waals surface area contributed by atoms with E-state index in [1.165, 1.54) is 12.4 Å². The van der Waals surface area contributed by atoms with Crippen LogP contribution in [-0.4, -0.2) is 51.2 Å². The summed E-state index contributed by atoms with van der Waals surface area (Å²) in [5.74, 6) is -0.206. The van der Waals surface area contributed by atoms with E-state index >= 15 is 0 Å². The van der Waals surface area contributed by atoms with Crippen LogP contribution < -0.4 is 5.32 Å². The summed E-state index contributed by atoms with van der Waals surface area (Å²) in [4.78, 5) is 27.7. The molecule has 0 radical (unpaired) electrons. The van der Waals surface area contributed by atoms with Crippen molar-refractivity contribution in [1.82, 2.24) is 20.0 Å². The average molecular weight is 495 g/mol. The number of benzene rings is 1. The summed E-state index contributed by atoms with van der Waals surface area (Å²) in [5.41, 5.74) is 2.58. The van der Waals surface area contributed by atoms with Gasteiger partial charge in [0.25, 0.3) is 6.43 Å². The van der Waals surface area contributed by atoms with E-state index in [0.29, 0.717) is 24.5 Å². The lowest BCUT2D eigenvalue weighted by Crippen LogP contribution is -2.43. The van der Waals surface area contributed by atoms with Gasteiger partial charge in [-0.15, -0.1) is 0 Å². The molecule has 1 N–H and O–H groups in total. The molecule has 7 nitrogen and oxygen atoms in total. The number of likely N-dealkylation sites (tertiary alicyclic amines) is 1. The molecule has 0 spiro atoms. The summed E-state index contributed by atoms with van der Waals surface area (Å²) in [7, 11) is 0. The lowest BCUT2D eigenvalue weighted by Gasteiger charge is -2.33. The topological polar surface area (TPSA) is 76.5 Å². The highest BCUT2D eigenvalue weighted by atomic mass is 35.5. The zero-order valence-electron chi connectivity index (χ0n) is 19.5. The largest absolute Gasteiger partial charge is 0.444 e. The predicted octanol–water partition coefficient (Wildman–Crippen LogP) is 4.77. The molecule has 184 valence electrons. The molecule has 3 heterocycles. The zero-order chi connectivity index (χ0) is 24.6. The Kier molecular flexibility index (Phi) is 6.96. The molecule has 2 aliphatic heterocycles. The second-order valence-corrected chi connectivity index (χ2v) is 10.2.